The monoisotopic (exact) mass is 542 g/mol. The molecule has 147 valence electrons. The van der Waals surface area contributed by atoms with E-state index in [2.05, 4.69) is 74.5 Å². The molecule has 0 bridgehead atoms. The van der Waals surface area contributed by atoms with Crippen molar-refractivity contribution in [3.8, 4) is 28.9 Å². The molecule has 0 N–H and O–H groups in total. The van der Waals surface area contributed by atoms with Crippen LogP contribution in [0.2, 0.25) is 0 Å². The van der Waals surface area contributed by atoms with Crippen LogP contribution < -0.4 is 4.74 Å². The maximum absolute atomic E-state index is 5.64. The third-order valence-electron chi connectivity index (χ3n) is 3.87. The van der Waals surface area contributed by atoms with Gasteiger partial charge in [-0.05, 0) is 43.7 Å². The Morgan fingerprint density at radius 3 is 1.52 bits per heavy atom. The van der Waals surface area contributed by atoms with Gasteiger partial charge in [-0.2, -0.15) is 0 Å². The van der Waals surface area contributed by atoms with Crippen molar-refractivity contribution in [1.29, 1.82) is 0 Å². The summed E-state index contributed by atoms with van der Waals surface area (Å²) in [5.74, 6) is 1.89. The van der Waals surface area contributed by atoms with Crippen LogP contribution >= 0.6 is 31.9 Å². The Bertz CT molecular complexity index is 868. The van der Waals surface area contributed by atoms with Crippen LogP contribution in [0.4, 0.5) is 0 Å². The summed E-state index contributed by atoms with van der Waals surface area (Å²) in [5.41, 5.74) is 2.76. The van der Waals surface area contributed by atoms with Crippen LogP contribution in [0.5, 0.6) is 5.75 Å². The van der Waals surface area contributed by atoms with Gasteiger partial charge in [0.25, 0.3) is 0 Å². The Labute approximate surface area is 185 Å². The Hall–Kier alpha value is -1.16. The van der Waals surface area contributed by atoms with Gasteiger partial charge in [0.1, 0.15) is 23.9 Å². The first-order chi connectivity index (χ1) is 12.3. The van der Waals surface area contributed by atoms with Gasteiger partial charge >= 0.3 is 0 Å². The van der Waals surface area contributed by atoms with Gasteiger partial charge in [0, 0.05) is 16.8 Å². The summed E-state index contributed by atoms with van der Waals surface area (Å²) < 4.78 is 18.1. The van der Waals surface area contributed by atoms with E-state index in [0.29, 0.717) is 37.9 Å². The van der Waals surface area contributed by atoms with Crippen LogP contribution in [0.25, 0.3) is 23.2 Å². The number of hydrogen-bond acceptors (Lipinski definition) is 6. The number of ether oxygens (including phenoxy) is 1. The second kappa shape index (κ2) is 8.89. The molecule has 0 atom stereocenters. The second-order valence-corrected chi connectivity index (χ2v) is 8.02. The molecule has 1 radical (unpaired) electrons. The molecule has 9 heteroatoms. The molecule has 0 aliphatic carbocycles. The zero-order valence-electron chi connectivity index (χ0n) is 15.5. The molecule has 0 saturated heterocycles. The molecule has 0 amide bonds. The minimum atomic E-state index is 0. The van der Waals surface area contributed by atoms with Crippen LogP contribution in [-0.2, 0) is 16.8 Å². The molecule has 3 rings (SSSR count). The second-order valence-electron chi connectivity index (χ2n) is 6.43. The largest absolute Gasteiger partial charge is 0.494 e. The van der Waals surface area contributed by atoms with E-state index in [0.717, 1.165) is 11.4 Å². The van der Waals surface area contributed by atoms with E-state index in [1.165, 1.54) is 0 Å². The summed E-state index contributed by atoms with van der Waals surface area (Å²) in [7, 11) is 1.59. The maximum Gasteiger partial charge on any atom is 0.246 e. The Morgan fingerprint density at radius 2 is 1.22 bits per heavy atom. The molecule has 3 aromatic rings. The van der Waals surface area contributed by atoms with Gasteiger partial charge in [0.2, 0.25) is 11.8 Å². The van der Waals surface area contributed by atoms with E-state index in [1.807, 2.05) is 0 Å². The molecule has 0 aliphatic rings. The van der Waals surface area contributed by atoms with Gasteiger partial charge in [-0.15, -0.1) is 0 Å². The summed E-state index contributed by atoms with van der Waals surface area (Å²) in [5, 5.41) is 0. The quantitative estimate of drug-likeness (QED) is 0.383. The Balaban J connectivity index is 0.00000261. The number of pyridine rings is 1. The summed E-state index contributed by atoms with van der Waals surface area (Å²) in [6.07, 6.45) is 3.29. The Kier molecular flexibility index (Phi) is 7.29. The fourth-order valence-corrected chi connectivity index (χ4v) is 3.81. The third kappa shape index (κ3) is 4.31. The molecule has 3 heterocycles. The summed E-state index contributed by atoms with van der Waals surface area (Å²) >= 11 is 7.08. The number of nitrogens with zero attached hydrogens (tertiary/aromatic N) is 3. The van der Waals surface area contributed by atoms with Crippen LogP contribution in [0.1, 0.15) is 50.9 Å². The molecule has 0 fully saturated rings. The third-order valence-corrected chi connectivity index (χ3v) is 5.35. The number of oxazole rings is 2. The average Bonchev–Trinajstić information content (AvgIpc) is 3.25. The molecule has 0 aromatic carbocycles. The minimum absolute atomic E-state index is 0. The molecular formula is C18H19Br2CoN3O3. The van der Waals surface area contributed by atoms with Crippen LogP contribution in [0.3, 0.4) is 0 Å². The van der Waals surface area contributed by atoms with Gasteiger partial charge in [-0.3, -0.25) is 0 Å². The van der Waals surface area contributed by atoms with Crippen LogP contribution in [-0.4, -0.2) is 22.1 Å². The standard InChI is InChI=1S/C18H19Br2N3O3.Co/c1-8(2)10-6-25-17(21-10)14-12(19)16(24-5)13(20)15(23-14)18-22-11(7-26-18)9(3)4;/h6-9H,1-5H3;. The molecular weight excluding hydrogens is 525 g/mol. The summed E-state index contributed by atoms with van der Waals surface area (Å²) in [6, 6.07) is 0. The van der Waals surface area contributed by atoms with Crippen molar-refractivity contribution in [2.75, 3.05) is 7.11 Å². The number of hydrogen-bond donors (Lipinski definition) is 0. The normalized spacial score (nSPS) is 11.1. The van der Waals surface area contributed by atoms with Crippen molar-refractivity contribution in [2.45, 2.75) is 39.5 Å². The summed E-state index contributed by atoms with van der Waals surface area (Å²) in [6.45, 7) is 8.21. The van der Waals surface area contributed by atoms with Gasteiger partial charge in [0.05, 0.1) is 27.4 Å². The zero-order chi connectivity index (χ0) is 19.0. The topological polar surface area (TPSA) is 74.2 Å². The van der Waals surface area contributed by atoms with Gasteiger partial charge < -0.3 is 13.6 Å². The first-order valence-electron chi connectivity index (χ1n) is 8.18. The van der Waals surface area contributed by atoms with Gasteiger partial charge in [0.15, 0.2) is 5.75 Å². The van der Waals surface area contributed by atoms with Crippen molar-refractivity contribution in [1.82, 2.24) is 15.0 Å². The maximum atomic E-state index is 5.64. The van der Waals surface area contributed by atoms with Crippen molar-refractivity contribution < 1.29 is 30.3 Å². The number of rotatable bonds is 5. The molecule has 27 heavy (non-hydrogen) atoms. The predicted octanol–water partition coefficient (Wildman–Crippen LogP) is 6.17. The van der Waals surface area contributed by atoms with E-state index >= 15 is 0 Å². The first-order valence-corrected chi connectivity index (χ1v) is 9.76. The van der Waals surface area contributed by atoms with Crippen LogP contribution in [0.15, 0.2) is 30.3 Å². The van der Waals surface area contributed by atoms with E-state index in [9.17, 15) is 0 Å². The van der Waals surface area contributed by atoms with Crippen molar-refractivity contribution in [2.24, 2.45) is 0 Å². The van der Waals surface area contributed by atoms with Crippen molar-refractivity contribution in [3.05, 3.63) is 32.9 Å². The molecule has 0 spiro atoms. The van der Waals surface area contributed by atoms with Gasteiger partial charge in [-0.1, -0.05) is 27.7 Å². The number of aromatic nitrogens is 3. The molecule has 0 aliphatic heterocycles. The molecule has 3 aromatic heterocycles. The first kappa shape index (κ1) is 22.1. The SMILES string of the molecule is COc1c(Br)c(-c2nc(C(C)C)co2)nc(-c2nc(C(C)C)co2)c1Br.[Co]. The van der Waals surface area contributed by atoms with Crippen molar-refractivity contribution in [3.63, 3.8) is 0 Å². The van der Waals surface area contributed by atoms with E-state index in [-0.39, 0.29) is 28.6 Å². The fraction of sp³-hybridized carbons (Fsp3) is 0.389. The fourth-order valence-electron chi connectivity index (χ4n) is 2.30. The van der Waals surface area contributed by atoms with Crippen molar-refractivity contribution >= 4 is 31.9 Å². The van der Waals surface area contributed by atoms with E-state index in [1.54, 1.807) is 19.6 Å². The minimum Gasteiger partial charge on any atom is -0.494 e. The number of halogens is 2. The Morgan fingerprint density at radius 1 is 0.815 bits per heavy atom. The van der Waals surface area contributed by atoms with Gasteiger partial charge in [-0.25, -0.2) is 15.0 Å². The molecule has 6 nitrogen and oxygen atoms in total. The summed E-state index contributed by atoms with van der Waals surface area (Å²) in [4.78, 5) is 13.7. The average molecular weight is 544 g/mol. The smallest absolute Gasteiger partial charge is 0.246 e. The van der Waals surface area contributed by atoms with E-state index in [4.69, 9.17) is 13.6 Å². The molecule has 0 unspecified atom stereocenters. The predicted molar refractivity (Wildman–Crippen MR) is 105 cm³/mol. The zero-order valence-corrected chi connectivity index (χ0v) is 19.7. The number of methoxy groups -OCH3 is 1. The van der Waals surface area contributed by atoms with E-state index < -0.39 is 0 Å². The molecule has 0 saturated carbocycles. The van der Waals surface area contributed by atoms with Crippen LogP contribution in [0, 0.1) is 0 Å².